The maximum Gasteiger partial charge on any atom is 0.335 e. The van der Waals surface area contributed by atoms with Gasteiger partial charge in [0.15, 0.2) is 0 Å². The van der Waals surface area contributed by atoms with E-state index in [4.69, 9.17) is 16.7 Å². The van der Waals surface area contributed by atoms with Gasteiger partial charge in [0.25, 0.3) is 0 Å². The van der Waals surface area contributed by atoms with Crippen LogP contribution < -0.4 is 5.32 Å². The Kier molecular flexibility index (Phi) is 4.10. The predicted molar refractivity (Wildman–Crippen MR) is 73.8 cm³/mol. The van der Waals surface area contributed by atoms with Crippen molar-refractivity contribution in [2.75, 3.05) is 5.32 Å². The molecule has 0 amide bonds. The number of phenols is 1. The SMILES string of the molecule is O=C(O)c1ccc(F)c(NCc2cccc(Cl)c2O)c1. The van der Waals surface area contributed by atoms with Gasteiger partial charge in [0, 0.05) is 12.1 Å². The number of aromatic carboxylic acids is 1. The molecule has 0 aliphatic carbocycles. The largest absolute Gasteiger partial charge is 0.506 e. The summed E-state index contributed by atoms with van der Waals surface area (Å²) in [4.78, 5) is 10.8. The number of benzene rings is 2. The van der Waals surface area contributed by atoms with Crippen molar-refractivity contribution < 1.29 is 19.4 Å². The standard InChI is InChI=1S/C14H11ClFNO3/c15-10-3-1-2-9(13(10)18)7-17-12-6-8(14(19)20)4-5-11(12)16/h1-6,17-18H,7H2,(H,19,20). The molecule has 0 saturated heterocycles. The quantitative estimate of drug-likeness (QED) is 0.807. The van der Waals surface area contributed by atoms with Crippen LogP contribution in [0.5, 0.6) is 5.75 Å². The van der Waals surface area contributed by atoms with Crippen molar-refractivity contribution in [3.63, 3.8) is 0 Å². The van der Waals surface area contributed by atoms with Crippen molar-refractivity contribution in [3.05, 3.63) is 58.4 Å². The summed E-state index contributed by atoms with van der Waals surface area (Å²) in [7, 11) is 0. The van der Waals surface area contributed by atoms with Gasteiger partial charge in [-0.15, -0.1) is 0 Å². The third-order valence-corrected chi connectivity index (χ3v) is 3.06. The number of halogens is 2. The highest BCUT2D eigenvalue weighted by atomic mass is 35.5. The molecule has 0 atom stereocenters. The number of phenolic OH excluding ortho intramolecular Hbond substituents is 1. The van der Waals surface area contributed by atoms with E-state index in [1.165, 1.54) is 18.2 Å². The molecule has 4 nitrogen and oxygen atoms in total. The van der Waals surface area contributed by atoms with Crippen LogP contribution in [0.1, 0.15) is 15.9 Å². The second-order valence-corrected chi connectivity index (χ2v) is 4.51. The summed E-state index contributed by atoms with van der Waals surface area (Å²) in [6.07, 6.45) is 0. The van der Waals surface area contributed by atoms with Crippen LogP contribution in [-0.2, 0) is 6.54 Å². The first kappa shape index (κ1) is 14.1. The molecule has 0 aromatic heterocycles. The summed E-state index contributed by atoms with van der Waals surface area (Å²) in [5.74, 6) is -1.80. The summed E-state index contributed by atoms with van der Waals surface area (Å²) in [5, 5.41) is 21.5. The number of carboxylic acids is 1. The zero-order valence-corrected chi connectivity index (χ0v) is 11.0. The van der Waals surface area contributed by atoms with Gasteiger partial charge in [-0.3, -0.25) is 0 Å². The van der Waals surface area contributed by atoms with Gasteiger partial charge < -0.3 is 15.5 Å². The Morgan fingerprint density at radius 3 is 2.75 bits per heavy atom. The van der Waals surface area contributed by atoms with Crippen molar-refractivity contribution in [1.82, 2.24) is 0 Å². The minimum absolute atomic E-state index is 0.0239. The summed E-state index contributed by atoms with van der Waals surface area (Å²) in [6, 6.07) is 8.27. The van der Waals surface area contributed by atoms with Crippen LogP contribution in [0.2, 0.25) is 5.02 Å². The lowest BCUT2D eigenvalue weighted by Gasteiger charge is -2.10. The van der Waals surface area contributed by atoms with Crippen LogP contribution in [-0.4, -0.2) is 16.2 Å². The fourth-order valence-electron chi connectivity index (χ4n) is 1.69. The molecule has 104 valence electrons. The van der Waals surface area contributed by atoms with E-state index in [1.54, 1.807) is 12.1 Å². The van der Waals surface area contributed by atoms with E-state index in [2.05, 4.69) is 5.32 Å². The molecule has 0 fully saturated rings. The van der Waals surface area contributed by atoms with Crippen LogP contribution in [0.25, 0.3) is 0 Å². The van der Waals surface area contributed by atoms with E-state index in [0.29, 0.717) is 5.56 Å². The van der Waals surface area contributed by atoms with Crippen molar-refractivity contribution in [3.8, 4) is 5.75 Å². The molecule has 0 aliphatic rings. The molecule has 0 bridgehead atoms. The molecule has 0 heterocycles. The molecule has 2 rings (SSSR count). The number of para-hydroxylation sites is 1. The predicted octanol–water partition coefficient (Wildman–Crippen LogP) is 3.50. The number of aromatic hydroxyl groups is 1. The average molecular weight is 296 g/mol. The molecule has 3 N–H and O–H groups in total. The zero-order chi connectivity index (χ0) is 14.7. The number of hydrogen-bond donors (Lipinski definition) is 3. The van der Waals surface area contributed by atoms with Gasteiger partial charge in [0.05, 0.1) is 16.3 Å². The Morgan fingerprint density at radius 2 is 2.05 bits per heavy atom. The first-order valence-corrected chi connectivity index (χ1v) is 6.10. The Bertz CT molecular complexity index is 661. The molecular weight excluding hydrogens is 285 g/mol. The van der Waals surface area contributed by atoms with Crippen molar-refractivity contribution in [1.29, 1.82) is 0 Å². The third kappa shape index (κ3) is 3.00. The number of anilines is 1. The lowest BCUT2D eigenvalue weighted by Crippen LogP contribution is -2.04. The van der Waals surface area contributed by atoms with Crippen molar-refractivity contribution in [2.24, 2.45) is 0 Å². The fourth-order valence-corrected chi connectivity index (χ4v) is 1.88. The maximum atomic E-state index is 13.6. The number of rotatable bonds is 4. The second kappa shape index (κ2) is 5.79. The van der Waals surface area contributed by atoms with E-state index in [0.717, 1.165) is 6.07 Å². The third-order valence-electron chi connectivity index (χ3n) is 2.75. The molecule has 2 aromatic rings. The molecule has 0 spiro atoms. The van der Waals surface area contributed by atoms with Gasteiger partial charge >= 0.3 is 5.97 Å². The van der Waals surface area contributed by atoms with Crippen LogP contribution in [0.15, 0.2) is 36.4 Å². The molecule has 0 radical (unpaired) electrons. The summed E-state index contributed by atoms with van der Waals surface area (Å²) in [6.45, 7) is 0.117. The summed E-state index contributed by atoms with van der Waals surface area (Å²) in [5.41, 5.74) is 0.506. The van der Waals surface area contributed by atoms with E-state index >= 15 is 0 Å². The highest BCUT2D eigenvalue weighted by Gasteiger charge is 2.10. The summed E-state index contributed by atoms with van der Waals surface area (Å²) >= 11 is 5.76. The summed E-state index contributed by atoms with van der Waals surface area (Å²) < 4.78 is 13.6. The lowest BCUT2D eigenvalue weighted by molar-refractivity contribution is 0.0697. The molecule has 0 aliphatic heterocycles. The smallest absolute Gasteiger partial charge is 0.335 e. The minimum Gasteiger partial charge on any atom is -0.506 e. The number of carbonyl (C=O) groups is 1. The minimum atomic E-state index is -1.14. The first-order valence-electron chi connectivity index (χ1n) is 5.72. The Balaban J connectivity index is 2.20. The van der Waals surface area contributed by atoms with E-state index in [-0.39, 0.29) is 28.6 Å². The van der Waals surface area contributed by atoms with Crippen LogP contribution >= 0.6 is 11.6 Å². The van der Waals surface area contributed by atoms with Gasteiger partial charge in [-0.1, -0.05) is 23.7 Å². The van der Waals surface area contributed by atoms with Crippen LogP contribution in [0.4, 0.5) is 10.1 Å². The topological polar surface area (TPSA) is 69.6 Å². The Labute approximate surface area is 119 Å². The van der Waals surface area contributed by atoms with E-state index in [9.17, 15) is 14.3 Å². The van der Waals surface area contributed by atoms with Crippen molar-refractivity contribution in [2.45, 2.75) is 6.54 Å². The molecule has 0 saturated carbocycles. The second-order valence-electron chi connectivity index (χ2n) is 4.10. The number of nitrogens with one attached hydrogen (secondary N) is 1. The molecular formula is C14H11ClFNO3. The monoisotopic (exact) mass is 295 g/mol. The molecule has 6 heteroatoms. The highest BCUT2D eigenvalue weighted by Crippen LogP contribution is 2.28. The number of carboxylic acid groups (broad SMARTS) is 1. The van der Waals surface area contributed by atoms with Crippen molar-refractivity contribution >= 4 is 23.3 Å². The lowest BCUT2D eigenvalue weighted by atomic mass is 10.1. The van der Waals surface area contributed by atoms with Gasteiger partial charge in [0.2, 0.25) is 0 Å². The van der Waals surface area contributed by atoms with Gasteiger partial charge in [-0.05, 0) is 24.3 Å². The van der Waals surface area contributed by atoms with Gasteiger partial charge in [0.1, 0.15) is 11.6 Å². The van der Waals surface area contributed by atoms with E-state index in [1.807, 2.05) is 0 Å². The maximum absolute atomic E-state index is 13.6. The van der Waals surface area contributed by atoms with Gasteiger partial charge in [-0.2, -0.15) is 0 Å². The Hall–Kier alpha value is -2.27. The highest BCUT2D eigenvalue weighted by molar-refractivity contribution is 6.32. The van der Waals surface area contributed by atoms with Gasteiger partial charge in [-0.25, -0.2) is 9.18 Å². The number of hydrogen-bond acceptors (Lipinski definition) is 3. The molecule has 0 unspecified atom stereocenters. The van der Waals surface area contributed by atoms with Crippen LogP contribution in [0.3, 0.4) is 0 Å². The molecule has 20 heavy (non-hydrogen) atoms. The van der Waals surface area contributed by atoms with Crippen LogP contribution in [0, 0.1) is 5.82 Å². The average Bonchev–Trinajstić information content (AvgIpc) is 2.41. The molecule has 2 aromatic carbocycles. The Morgan fingerprint density at radius 1 is 1.30 bits per heavy atom. The zero-order valence-electron chi connectivity index (χ0n) is 10.2. The normalized spacial score (nSPS) is 10.3. The van der Waals surface area contributed by atoms with E-state index < -0.39 is 11.8 Å². The first-order chi connectivity index (χ1) is 9.49. The fraction of sp³-hybridized carbons (Fsp3) is 0.0714.